The van der Waals surface area contributed by atoms with E-state index in [0.717, 1.165) is 12.8 Å². The lowest BCUT2D eigenvalue weighted by Gasteiger charge is -2.22. The first-order chi connectivity index (χ1) is 10.0. The number of hydrogen-bond donors (Lipinski definition) is 1. The highest BCUT2D eigenvalue weighted by atomic mass is 16.4. The van der Waals surface area contributed by atoms with Crippen molar-refractivity contribution in [3.05, 3.63) is 34.8 Å². The van der Waals surface area contributed by atoms with E-state index in [2.05, 4.69) is 11.4 Å². The van der Waals surface area contributed by atoms with Crippen LogP contribution in [0.2, 0.25) is 0 Å². The molecule has 1 fully saturated rings. The number of fused-ring (bicyclic) bond motifs is 1. The first-order valence-electron chi connectivity index (χ1n) is 6.84. The SMILES string of the molecule is CC(C#N)(NC(=O)Cn1c(=O)oc2ccccc21)C1CC1. The average molecular weight is 285 g/mol. The van der Waals surface area contributed by atoms with Crippen LogP contribution in [0.5, 0.6) is 0 Å². The molecular weight excluding hydrogens is 270 g/mol. The summed E-state index contributed by atoms with van der Waals surface area (Å²) in [6.45, 7) is 1.57. The third-order valence-corrected chi connectivity index (χ3v) is 3.90. The van der Waals surface area contributed by atoms with Crippen LogP contribution < -0.4 is 11.1 Å². The second-order valence-corrected chi connectivity index (χ2v) is 5.56. The molecule has 3 rings (SSSR count). The summed E-state index contributed by atoms with van der Waals surface area (Å²) in [6, 6.07) is 9.09. The zero-order chi connectivity index (χ0) is 15.0. The Morgan fingerprint density at radius 1 is 1.52 bits per heavy atom. The summed E-state index contributed by atoms with van der Waals surface area (Å²) in [4.78, 5) is 24.0. The van der Waals surface area contributed by atoms with Gasteiger partial charge in [-0.1, -0.05) is 12.1 Å². The van der Waals surface area contributed by atoms with E-state index in [1.54, 1.807) is 31.2 Å². The number of nitrogens with one attached hydrogen (secondary N) is 1. The maximum atomic E-state index is 12.1. The fraction of sp³-hybridized carbons (Fsp3) is 0.400. The Kier molecular flexibility index (Phi) is 3.05. The number of hydrogen-bond acceptors (Lipinski definition) is 4. The van der Waals surface area contributed by atoms with Gasteiger partial charge in [0, 0.05) is 0 Å². The van der Waals surface area contributed by atoms with Gasteiger partial charge >= 0.3 is 5.76 Å². The molecule has 1 amide bonds. The third-order valence-electron chi connectivity index (χ3n) is 3.90. The van der Waals surface area contributed by atoms with Gasteiger partial charge in [0.25, 0.3) is 0 Å². The van der Waals surface area contributed by atoms with E-state index in [0.29, 0.717) is 11.1 Å². The number of oxazole rings is 1. The molecule has 1 N–H and O–H groups in total. The third kappa shape index (κ3) is 2.42. The minimum Gasteiger partial charge on any atom is -0.408 e. The fourth-order valence-electron chi connectivity index (χ4n) is 2.52. The van der Waals surface area contributed by atoms with E-state index in [1.807, 2.05) is 0 Å². The molecule has 1 unspecified atom stereocenters. The van der Waals surface area contributed by atoms with Gasteiger partial charge in [-0.2, -0.15) is 5.26 Å². The topological polar surface area (TPSA) is 88.0 Å². The summed E-state index contributed by atoms with van der Waals surface area (Å²) in [5.74, 6) is -0.736. The quantitative estimate of drug-likeness (QED) is 0.919. The molecule has 1 aromatic carbocycles. The molecule has 0 aliphatic heterocycles. The predicted octanol–water partition coefficient (Wildman–Crippen LogP) is 1.40. The lowest BCUT2D eigenvalue weighted by Crippen LogP contribution is -2.48. The molecule has 0 saturated heterocycles. The van der Waals surface area contributed by atoms with Crippen molar-refractivity contribution < 1.29 is 9.21 Å². The van der Waals surface area contributed by atoms with Crippen molar-refractivity contribution >= 4 is 17.0 Å². The zero-order valence-corrected chi connectivity index (χ0v) is 11.6. The molecule has 1 aliphatic rings. The van der Waals surface area contributed by atoms with Crippen LogP contribution >= 0.6 is 0 Å². The van der Waals surface area contributed by atoms with Crippen molar-refractivity contribution in [1.82, 2.24) is 9.88 Å². The van der Waals surface area contributed by atoms with Crippen LogP contribution in [0.1, 0.15) is 19.8 Å². The zero-order valence-electron chi connectivity index (χ0n) is 11.6. The van der Waals surface area contributed by atoms with E-state index >= 15 is 0 Å². The van der Waals surface area contributed by atoms with Gasteiger partial charge in [0.1, 0.15) is 12.1 Å². The van der Waals surface area contributed by atoms with Crippen molar-refractivity contribution in [1.29, 1.82) is 5.26 Å². The highest BCUT2D eigenvalue weighted by Gasteiger charge is 2.43. The Hall–Kier alpha value is -2.55. The summed E-state index contributed by atoms with van der Waals surface area (Å²) in [7, 11) is 0. The second kappa shape index (κ2) is 4.77. The molecule has 0 bridgehead atoms. The molecule has 0 spiro atoms. The van der Waals surface area contributed by atoms with Crippen LogP contribution in [-0.2, 0) is 11.3 Å². The first kappa shape index (κ1) is 13.4. The Morgan fingerprint density at radius 3 is 2.90 bits per heavy atom. The lowest BCUT2D eigenvalue weighted by molar-refractivity contribution is -0.123. The van der Waals surface area contributed by atoms with Gasteiger partial charge in [-0.25, -0.2) is 4.79 Å². The van der Waals surface area contributed by atoms with E-state index in [9.17, 15) is 14.9 Å². The molecule has 108 valence electrons. The summed E-state index contributed by atoms with van der Waals surface area (Å²) < 4.78 is 6.35. The number of para-hydroxylation sites is 2. The minimum atomic E-state index is -0.861. The number of benzene rings is 1. The average Bonchev–Trinajstić information content (AvgIpc) is 3.26. The van der Waals surface area contributed by atoms with Gasteiger partial charge in [-0.05, 0) is 37.8 Å². The van der Waals surface area contributed by atoms with Crippen molar-refractivity contribution in [3.63, 3.8) is 0 Å². The lowest BCUT2D eigenvalue weighted by atomic mass is 9.98. The van der Waals surface area contributed by atoms with Crippen LogP contribution in [0.25, 0.3) is 11.1 Å². The van der Waals surface area contributed by atoms with Crippen LogP contribution in [0.15, 0.2) is 33.5 Å². The van der Waals surface area contributed by atoms with Crippen molar-refractivity contribution in [2.24, 2.45) is 5.92 Å². The van der Waals surface area contributed by atoms with Crippen molar-refractivity contribution in [2.75, 3.05) is 0 Å². The number of amides is 1. The molecule has 1 heterocycles. The molecule has 6 nitrogen and oxygen atoms in total. The van der Waals surface area contributed by atoms with Gasteiger partial charge in [-0.15, -0.1) is 0 Å². The smallest absolute Gasteiger partial charge is 0.408 e. The van der Waals surface area contributed by atoms with Crippen LogP contribution in [-0.4, -0.2) is 16.0 Å². The van der Waals surface area contributed by atoms with Crippen LogP contribution in [0, 0.1) is 17.2 Å². The molecule has 1 aromatic heterocycles. The number of carbonyl (C=O) groups excluding carboxylic acids is 1. The number of nitrogens with zero attached hydrogens (tertiary/aromatic N) is 2. The summed E-state index contributed by atoms with van der Waals surface area (Å²) in [5.41, 5.74) is 0.156. The second-order valence-electron chi connectivity index (χ2n) is 5.56. The maximum Gasteiger partial charge on any atom is 0.420 e. The highest BCUT2D eigenvalue weighted by molar-refractivity contribution is 5.80. The number of carbonyl (C=O) groups is 1. The molecule has 6 heteroatoms. The normalized spacial score (nSPS) is 17.1. The fourth-order valence-corrected chi connectivity index (χ4v) is 2.52. The minimum absolute atomic E-state index is 0.153. The predicted molar refractivity (Wildman–Crippen MR) is 75.4 cm³/mol. The van der Waals surface area contributed by atoms with Crippen LogP contribution in [0.3, 0.4) is 0 Å². The summed E-state index contributed by atoms with van der Waals surface area (Å²) >= 11 is 0. The van der Waals surface area contributed by atoms with Gasteiger partial charge in [0.05, 0.1) is 11.6 Å². The standard InChI is InChI=1S/C15H15N3O3/c1-15(9-16,10-6-7-10)17-13(19)8-18-11-4-2-3-5-12(11)21-14(18)20/h2-5,10H,6-8H2,1H3,(H,17,19). The Bertz CT molecular complexity index is 794. The number of rotatable bonds is 4. The van der Waals surface area contributed by atoms with E-state index in [1.165, 1.54) is 4.57 Å². The van der Waals surface area contributed by atoms with Gasteiger partial charge in [0.15, 0.2) is 5.58 Å². The largest absolute Gasteiger partial charge is 0.420 e. The molecule has 1 saturated carbocycles. The number of nitriles is 1. The van der Waals surface area contributed by atoms with Crippen molar-refractivity contribution in [2.45, 2.75) is 31.8 Å². The number of aromatic nitrogens is 1. The van der Waals surface area contributed by atoms with Crippen molar-refractivity contribution in [3.8, 4) is 6.07 Å². The van der Waals surface area contributed by atoms with E-state index in [-0.39, 0.29) is 18.4 Å². The molecule has 21 heavy (non-hydrogen) atoms. The first-order valence-corrected chi connectivity index (χ1v) is 6.84. The van der Waals surface area contributed by atoms with Gasteiger partial charge < -0.3 is 9.73 Å². The molecule has 1 aliphatic carbocycles. The highest BCUT2D eigenvalue weighted by Crippen LogP contribution is 2.39. The molecule has 0 radical (unpaired) electrons. The van der Waals surface area contributed by atoms with Crippen LogP contribution in [0.4, 0.5) is 0 Å². The molecular formula is C15H15N3O3. The summed E-state index contributed by atoms with van der Waals surface area (Å²) in [5, 5.41) is 12.0. The van der Waals surface area contributed by atoms with E-state index in [4.69, 9.17) is 4.42 Å². The van der Waals surface area contributed by atoms with Gasteiger partial charge in [0.2, 0.25) is 5.91 Å². The molecule has 2 aromatic rings. The Morgan fingerprint density at radius 2 is 2.24 bits per heavy atom. The molecule has 1 atom stereocenters. The Labute approximate surface area is 121 Å². The Balaban J connectivity index is 1.82. The van der Waals surface area contributed by atoms with E-state index < -0.39 is 11.3 Å². The summed E-state index contributed by atoms with van der Waals surface area (Å²) in [6.07, 6.45) is 1.89. The van der Waals surface area contributed by atoms with Gasteiger partial charge in [-0.3, -0.25) is 9.36 Å². The monoisotopic (exact) mass is 285 g/mol. The maximum absolute atomic E-state index is 12.1.